The third-order valence-electron chi connectivity index (χ3n) is 5.26. The highest BCUT2D eigenvalue weighted by Gasteiger charge is 2.28. The molecule has 1 fully saturated rings. The van der Waals surface area contributed by atoms with Crippen LogP contribution in [0.2, 0.25) is 5.02 Å². The highest BCUT2D eigenvalue weighted by molar-refractivity contribution is 7.83. The Hall–Kier alpha value is -1.69. The molecule has 2 atom stereocenters. The summed E-state index contributed by atoms with van der Waals surface area (Å²) in [6.45, 7) is 3.75. The van der Waals surface area contributed by atoms with E-state index in [4.69, 9.17) is 11.6 Å². The quantitative estimate of drug-likeness (QED) is 0.732. The van der Waals surface area contributed by atoms with Crippen LogP contribution in [0.25, 0.3) is 0 Å². The zero-order chi connectivity index (χ0) is 19.9. The topological polar surface area (TPSA) is 49.4 Å². The van der Waals surface area contributed by atoms with Crippen molar-refractivity contribution in [1.29, 1.82) is 0 Å². The molecule has 1 heterocycles. The van der Waals surface area contributed by atoms with Gasteiger partial charge in [0.25, 0.3) is 0 Å². The molecule has 0 saturated carbocycles. The summed E-state index contributed by atoms with van der Waals surface area (Å²) >= 11 is 6.28. The van der Waals surface area contributed by atoms with Crippen molar-refractivity contribution in [3.8, 4) is 0 Å². The summed E-state index contributed by atoms with van der Waals surface area (Å²) in [5.41, 5.74) is 1.00. The Bertz CT molecular complexity index is 807. The fraction of sp³-hybridized carbons (Fsp3) is 0.409. The van der Waals surface area contributed by atoms with Crippen molar-refractivity contribution in [2.24, 2.45) is 5.92 Å². The first-order valence-electron chi connectivity index (χ1n) is 9.80. The molecule has 1 aliphatic heterocycles. The van der Waals surface area contributed by atoms with E-state index in [9.17, 15) is 9.00 Å². The monoisotopic (exact) mass is 418 g/mol. The Morgan fingerprint density at radius 1 is 1.14 bits per heavy atom. The number of hydrogen-bond donors (Lipinski definition) is 1. The number of aryl methyl sites for hydroxylation is 1. The number of rotatable bonds is 7. The van der Waals surface area contributed by atoms with Crippen molar-refractivity contribution in [2.45, 2.75) is 43.5 Å². The lowest BCUT2D eigenvalue weighted by atomic mass is 9.98. The number of halogens is 1. The van der Waals surface area contributed by atoms with Gasteiger partial charge in [-0.2, -0.15) is 0 Å². The molecule has 1 amide bonds. The van der Waals surface area contributed by atoms with E-state index in [-0.39, 0.29) is 5.91 Å². The third kappa shape index (κ3) is 5.66. The number of nitrogens with zero attached hydrogens (tertiary/aromatic N) is 1. The summed E-state index contributed by atoms with van der Waals surface area (Å²) in [7, 11) is -1.44. The SMILES string of the molecule is CC1CCN(C(=O)C(CCc2ccccc2Cl)NS(=O)c2ccccc2)CC1. The van der Waals surface area contributed by atoms with Gasteiger partial charge in [-0.25, -0.2) is 8.93 Å². The number of carbonyl (C=O) groups is 1. The second-order valence-electron chi connectivity index (χ2n) is 7.39. The van der Waals surface area contributed by atoms with Gasteiger partial charge in [0.05, 0.1) is 10.9 Å². The summed E-state index contributed by atoms with van der Waals surface area (Å²) in [4.78, 5) is 15.8. The van der Waals surface area contributed by atoms with Crippen molar-refractivity contribution in [3.63, 3.8) is 0 Å². The second kappa shape index (κ2) is 10.2. The van der Waals surface area contributed by atoms with Crippen LogP contribution in [0.3, 0.4) is 0 Å². The minimum absolute atomic E-state index is 0.0308. The normalized spacial score (nSPS) is 17.3. The van der Waals surface area contributed by atoms with Crippen LogP contribution in [0, 0.1) is 5.92 Å². The Morgan fingerprint density at radius 2 is 1.79 bits per heavy atom. The fourth-order valence-electron chi connectivity index (χ4n) is 3.42. The van der Waals surface area contributed by atoms with Gasteiger partial charge in [0.1, 0.15) is 11.0 Å². The smallest absolute Gasteiger partial charge is 0.240 e. The molecule has 4 nitrogen and oxygen atoms in total. The van der Waals surface area contributed by atoms with E-state index in [0.717, 1.165) is 31.5 Å². The minimum atomic E-state index is -1.44. The van der Waals surface area contributed by atoms with E-state index >= 15 is 0 Å². The first-order chi connectivity index (χ1) is 13.5. The van der Waals surface area contributed by atoms with Gasteiger partial charge in [-0.1, -0.05) is 54.9 Å². The van der Waals surface area contributed by atoms with Gasteiger partial charge in [0, 0.05) is 18.1 Å². The molecule has 6 heteroatoms. The molecule has 1 saturated heterocycles. The maximum atomic E-state index is 13.2. The van der Waals surface area contributed by atoms with E-state index in [1.54, 1.807) is 12.1 Å². The van der Waals surface area contributed by atoms with Crippen LogP contribution < -0.4 is 4.72 Å². The van der Waals surface area contributed by atoms with Crippen LogP contribution in [-0.4, -0.2) is 34.1 Å². The molecule has 0 bridgehead atoms. The van der Waals surface area contributed by atoms with Gasteiger partial charge in [-0.3, -0.25) is 4.79 Å². The average molecular weight is 419 g/mol. The molecule has 2 unspecified atom stereocenters. The van der Waals surface area contributed by atoms with Crippen LogP contribution in [0.15, 0.2) is 59.5 Å². The van der Waals surface area contributed by atoms with Crippen molar-refractivity contribution >= 4 is 28.5 Å². The lowest BCUT2D eigenvalue weighted by Gasteiger charge is -2.33. The summed E-state index contributed by atoms with van der Waals surface area (Å²) in [6.07, 6.45) is 3.24. The van der Waals surface area contributed by atoms with Gasteiger partial charge in [-0.05, 0) is 55.4 Å². The van der Waals surface area contributed by atoms with Crippen LogP contribution >= 0.6 is 11.6 Å². The Balaban J connectivity index is 1.72. The van der Waals surface area contributed by atoms with Crippen molar-refractivity contribution in [3.05, 3.63) is 65.2 Å². The standard InChI is InChI=1S/C22H27ClN2O2S/c1-17-13-15-25(16-14-17)22(26)21(12-11-18-7-5-6-10-20(18)23)24-28(27)19-8-3-2-4-9-19/h2-10,17,21,24H,11-16H2,1H3. The largest absolute Gasteiger partial charge is 0.341 e. The van der Waals surface area contributed by atoms with E-state index in [2.05, 4.69) is 11.6 Å². The first kappa shape index (κ1) is 21.0. The fourth-order valence-corrected chi connectivity index (χ4v) is 4.67. The molecule has 2 aromatic rings. The minimum Gasteiger partial charge on any atom is -0.341 e. The summed E-state index contributed by atoms with van der Waals surface area (Å²) in [6, 6.07) is 16.4. The molecule has 0 aliphatic carbocycles. The third-order valence-corrected chi connectivity index (χ3v) is 6.83. The Kier molecular flexibility index (Phi) is 7.65. The zero-order valence-electron chi connectivity index (χ0n) is 16.1. The lowest BCUT2D eigenvalue weighted by Crippen LogP contribution is -2.49. The molecule has 0 radical (unpaired) electrons. The highest BCUT2D eigenvalue weighted by atomic mass is 35.5. The van der Waals surface area contributed by atoms with Crippen LogP contribution in [-0.2, 0) is 22.2 Å². The average Bonchev–Trinajstić information content (AvgIpc) is 2.72. The molecular formula is C22H27ClN2O2S. The predicted octanol–water partition coefficient (Wildman–Crippen LogP) is 4.21. The van der Waals surface area contributed by atoms with Crippen LogP contribution in [0.1, 0.15) is 31.7 Å². The van der Waals surface area contributed by atoms with Crippen LogP contribution in [0.5, 0.6) is 0 Å². The van der Waals surface area contributed by atoms with Gasteiger partial charge in [-0.15, -0.1) is 0 Å². The molecule has 150 valence electrons. The summed E-state index contributed by atoms with van der Waals surface area (Å²) in [5, 5.41) is 0.699. The van der Waals surface area contributed by atoms with E-state index in [0.29, 0.717) is 28.7 Å². The van der Waals surface area contributed by atoms with E-state index < -0.39 is 17.0 Å². The Morgan fingerprint density at radius 3 is 2.46 bits per heavy atom. The lowest BCUT2D eigenvalue weighted by molar-refractivity contribution is -0.134. The van der Waals surface area contributed by atoms with Gasteiger partial charge in [0.15, 0.2) is 0 Å². The first-order valence-corrected chi connectivity index (χ1v) is 11.3. The predicted molar refractivity (Wildman–Crippen MR) is 115 cm³/mol. The number of likely N-dealkylation sites (tertiary alicyclic amines) is 1. The van der Waals surface area contributed by atoms with Crippen molar-refractivity contribution < 1.29 is 9.00 Å². The number of benzene rings is 2. The van der Waals surface area contributed by atoms with Crippen molar-refractivity contribution in [1.82, 2.24) is 9.62 Å². The molecular weight excluding hydrogens is 392 g/mol. The molecule has 1 N–H and O–H groups in total. The van der Waals surface area contributed by atoms with Crippen molar-refractivity contribution in [2.75, 3.05) is 13.1 Å². The summed E-state index contributed by atoms with van der Waals surface area (Å²) in [5.74, 6) is 0.681. The van der Waals surface area contributed by atoms with E-state index in [1.165, 1.54) is 0 Å². The van der Waals surface area contributed by atoms with E-state index in [1.807, 2.05) is 47.4 Å². The zero-order valence-corrected chi connectivity index (χ0v) is 17.7. The maximum Gasteiger partial charge on any atom is 0.240 e. The molecule has 2 aromatic carbocycles. The number of carbonyl (C=O) groups excluding carboxylic acids is 1. The number of hydrogen-bond acceptors (Lipinski definition) is 2. The number of piperidine rings is 1. The van der Waals surface area contributed by atoms with Crippen LogP contribution in [0.4, 0.5) is 0 Å². The molecule has 3 rings (SSSR count). The number of amides is 1. The molecule has 0 aromatic heterocycles. The highest BCUT2D eigenvalue weighted by Crippen LogP contribution is 2.20. The van der Waals surface area contributed by atoms with Gasteiger partial charge in [0.2, 0.25) is 5.91 Å². The molecule has 0 spiro atoms. The van der Waals surface area contributed by atoms with Gasteiger partial charge < -0.3 is 4.90 Å². The maximum absolute atomic E-state index is 13.2. The number of nitrogens with one attached hydrogen (secondary N) is 1. The summed E-state index contributed by atoms with van der Waals surface area (Å²) < 4.78 is 15.8. The second-order valence-corrected chi connectivity index (χ2v) is 9.04. The Labute approximate surface area is 174 Å². The molecule has 1 aliphatic rings. The van der Waals surface area contributed by atoms with Gasteiger partial charge >= 0.3 is 0 Å². The molecule has 28 heavy (non-hydrogen) atoms.